The molecule has 0 atom stereocenters. The van der Waals surface area contributed by atoms with Crippen molar-refractivity contribution >= 4 is 30.4 Å². The van der Waals surface area contributed by atoms with Crippen LogP contribution in [0, 0.1) is 6.92 Å². The van der Waals surface area contributed by atoms with Crippen LogP contribution in [-0.2, 0) is 0 Å². The fraction of sp³-hybridized carbons (Fsp3) is 0.200. The molecule has 0 bridgehead atoms. The van der Waals surface area contributed by atoms with Gasteiger partial charge in [-0.25, -0.2) is 0 Å². The molecule has 0 amide bonds. The van der Waals surface area contributed by atoms with Crippen molar-refractivity contribution in [2.24, 2.45) is 0 Å². The van der Waals surface area contributed by atoms with Crippen LogP contribution < -0.4 is 0 Å². The second-order valence-electron chi connectivity index (χ2n) is 4.60. The first-order chi connectivity index (χ1) is 9.65. The van der Waals surface area contributed by atoms with Crippen LogP contribution in [0.15, 0.2) is 31.4 Å². The zero-order valence-corrected chi connectivity index (χ0v) is 13.0. The average Bonchev–Trinajstić information content (AvgIpc) is 2.44. The number of hydrogen-bond donors (Lipinski definition) is 0. The normalized spacial score (nSPS) is 11.8. The summed E-state index contributed by atoms with van der Waals surface area (Å²) >= 11 is 0. The minimum atomic E-state index is 1.18. The lowest BCUT2D eigenvalue weighted by atomic mass is 9.86. The van der Waals surface area contributed by atoms with Crippen molar-refractivity contribution in [2.45, 2.75) is 27.7 Å². The summed E-state index contributed by atoms with van der Waals surface area (Å²) in [6.45, 7) is 16.2. The van der Waals surface area contributed by atoms with E-state index in [-0.39, 0.29) is 0 Å². The van der Waals surface area contributed by atoms with Gasteiger partial charge in [0.15, 0.2) is 0 Å². The summed E-state index contributed by atoms with van der Waals surface area (Å²) in [6, 6.07) is 0. The minimum absolute atomic E-state index is 1.18. The van der Waals surface area contributed by atoms with Crippen LogP contribution in [0.5, 0.6) is 0 Å². The Kier molecular flexibility index (Phi) is 5.99. The molecule has 0 saturated carbocycles. The molecule has 104 valence electrons. The van der Waals surface area contributed by atoms with Crippen molar-refractivity contribution in [3.8, 4) is 0 Å². The molecule has 0 N–H and O–H groups in total. The first-order valence-electron chi connectivity index (χ1n) is 6.99. The molecule has 1 rings (SSSR count). The van der Waals surface area contributed by atoms with E-state index in [1.54, 1.807) is 0 Å². The van der Waals surface area contributed by atoms with Crippen LogP contribution in [0.4, 0.5) is 0 Å². The van der Waals surface area contributed by atoms with Gasteiger partial charge in [0.1, 0.15) is 0 Å². The Morgan fingerprint density at radius 3 is 1.40 bits per heavy atom. The van der Waals surface area contributed by atoms with Crippen LogP contribution in [0.25, 0.3) is 30.4 Å². The van der Waals surface area contributed by atoms with Gasteiger partial charge in [-0.05, 0) is 61.1 Å². The first kappa shape index (κ1) is 16.0. The van der Waals surface area contributed by atoms with Crippen molar-refractivity contribution in [3.05, 3.63) is 64.8 Å². The Morgan fingerprint density at radius 1 is 0.600 bits per heavy atom. The average molecular weight is 264 g/mol. The fourth-order valence-corrected chi connectivity index (χ4v) is 2.54. The molecule has 0 spiro atoms. The van der Waals surface area contributed by atoms with E-state index in [0.717, 1.165) is 0 Å². The summed E-state index contributed by atoms with van der Waals surface area (Å²) < 4.78 is 0. The largest absolute Gasteiger partial charge is 0.0984 e. The smallest absolute Gasteiger partial charge is 0.0103 e. The third-order valence-corrected chi connectivity index (χ3v) is 3.38. The Balaban J connectivity index is 3.98. The highest BCUT2D eigenvalue weighted by atomic mass is 14.2. The monoisotopic (exact) mass is 264 g/mol. The van der Waals surface area contributed by atoms with E-state index in [2.05, 4.69) is 56.5 Å². The Hall–Kier alpha value is -2.08. The molecule has 0 radical (unpaired) electrons. The summed E-state index contributed by atoms with van der Waals surface area (Å²) in [5.41, 5.74) is 7.25. The van der Waals surface area contributed by atoms with E-state index < -0.39 is 0 Å². The van der Waals surface area contributed by atoms with Crippen LogP contribution in [0.3, 0.4) is 0 Å². The third-order valence-electron chi connectivity index (χ3n) is 3.38. The van der Waals surface area contributed by atoms with Gasteiger partial charge in [-0.1, -0.05) is 61.8 Å². The summed E-state index contributed by atoms with van der Waals surface area (Å²) in [6.07, 6.45) is 16.5. The van der Waals surface area contributed by atoms with Crippen molar-refractivity contribution in [2.75, 3.05) is 0 Å². The maximum absolute atomic E-state index is 4.00. The summed E-state index contributed by atoms with van der Waals surface area (Å²) in [4.78, 5) is 0. The molecule has 0 heterocycles. The molecule has 0 nitrogen and oxygen atoms in total. The van der Waals surface area contributed by atoms with E-state index in [0.29, 0.717) is 0 Å². The fourth-order valence-electron chi connectivity index (χ4n) is 2.54. The van der Waals surface area contributed by atoms with E-state index in [4.69, 9.17) is 0 Å². The van der Waals surface area contributed by atoms with Gasteiger partial charge < -0.3 is 0 Å². The van der Waals surface area contributed by atoms with E-state index in [1.807, 2.05) is 32.9 Å². The van der Waals surface area contributed by atoms with Crippen molar-refractivity contribution in [3.63, 3.8) is 0 Å². The van der Waals surface area contributed by atoms with Crippen LogP contribution >= 0.6 is 0 Å². The maximum Gasteiger partial charge on any atom is -0.0103 e. The van der Waals surface area contributed by atoms with Crippen LogP contribution in [0.2, 0.25) is 0 Å². The maximum atomic E-state index is 4.00. The summed E-state index contributed by atoms with van der Waals surface area (Å²) in [5.74, 6) is 0. The van der Waals surface area contributed by atoms with Gasteiger partial charge >= 0.3 is 0 Å². The first-order valence-corrected chi connectivity index (χ1v) is 6.99. The van der Waals surface area contributed by atoms with E-state index in [1.165, 1.54) is 33.4 Å². The lowest BCUT2D eigenvalue weighted by Crippen LogP contribution is -1.99. The third kappa shape index (κ3) is 2.91. The standard InChI is InChI=1S/C20H24/c1-7-12-18-15(6)16(10-4)19(13-8-2)20(14-9-3)17(18)11-5/h7-14H,4-5H2,1-3,6H3/b12-7-,13-8-,14-9-. The molecule has 20 heavy (non-hydrogen) atoms. The molecule has 0 aliphatic carbocycles. The number of rotatable bonds is 5. The van der Waals surface area contributed by atoms with Crippen molar-refractivity contribution in [1.82, 2.24) is 0 Å². The molecular weight excluding hydrogens is 240 g/mol. The molecule has 0 aromatic heterocycles. The highest BCUT2D eigenvalue weighted by Gasteiger charge is 2.14. The lowest BCUT2D eigenvalue weighted by Gasteiger charge is -2.18. The molecule has 1 aromatic rings. The van der Waals surface area contributed by atoms with Crippen LogP contribution in [-0.4, -0.2) is 0 Å². The predicted molar refractivity (Wildman–Crippen MR) is 95.5 cm³/mol. The summed E-state index contributed by atoms with van der Waals surface area (Å²) in [7, 11) is 0. The topological polar surface area (TPSA) is 0 Å². The molecule has 0 fully saturated rings. The minimum Gasteiger partial charge on any atom is -0.0984 e. The zero-order valence-electron chi connectivity index (χ0n) is 13.0. The predicted octanol–water partition coefficient (Wildman–Crippen LogP) is 6.38. The quantitative estimate of drug-likeness (QED) is 0.578. The van der Waals surface area contributed by atoms with Gasteiger partial charge in [0, 0.05) is 0 Å². The van der Waals surface area contributed by atoms with Gasteiger partial charge in [0.05, 0.1) is 0 Å². The Morgan fingerprint density at radius 2 is 1.00 bits per heavy atom. The lowest BCUT2D eigenvalue weighted by molar-refractivity contribution is 1.37. The van der Waals surface area contributed by atoms with E-state index >= 15 is 0 Å². The Bertz CT molecular complexity index is 593. The zero-order chi connectivity index (χ0) is 15.1. The van der Waals surface area contributed by atoms with Gasteiger partial charge in [-0.3, -0.25) is 0 Å². The molecule has 0 heteroatoms. The van der Waals surface area contributed by atoms with Gasteiger partial charge in [-0.2, -0.15) is 0 Å². The second kappa shape index (κ2) is 7.49. The van der Waals surface area contributed by atoms with E-state index in [9.17, 15) is 0 Å². The molecule has 0 aliphatic heterocycles. The number of hydrogen-bond acceptors (Lipinski definition) is 0. The molecule has 0 saturated heterocycles. The molecule has 0 unspecified atom stereocenters. The number of benzene rings is 1. The number of allylic oxidation sites excluding steroid dienone is 3. The Labute approximate surface area is 123 Å². The molecular formula is C20H24. The van der Waals surface area contributed by atoms with Gasteiger partial charge in [0.2, 0.25) is 0 Å². The molecule has 1 aromatic carbocycles. The highest BCUT2D eigenvalue weighted by Crippen LogP contribution is 2.32. The highest BCUT2D eigenvalue weighted by molar-refractivity contribution is 5.86. The van der Waals surface area contributed by atoms with Gasteiger partial charge in [0.25, 0.3) is 0 Å². The second-order valence-corrected chi connectivity index (χ2v) is 4.60. The molecule has 0 aliphatic rings. The van der Waals surface area contributed by atoms with Crippen molar-refractivity contribution < 1.29 is 0 Å². The van der Waals surface area contributed by atoms with Crippen LogP contribution in [0.1, 0.15) is 54.2 Å². The van der Waals surface area contributed by atoms with Crippen molar-refractivity contribution in [1.29, 1.82) is 0 Å². The SMILES string of the molecule is C=Cc1c(C)c(/C=C\C)c(C=C)c(/C=C\C)c1/C=C\C. The van der Waals surface area contributed by atoms with Gasteiger partial charge in [-0.15, -0.1) is 0 Å². The summed E-state index contributed by atoms with van der Waals surface area (Å²) in [5, 5.41) is 0.